The fourth-order valence-electron chi connectivity index (χ4n) is 0.439. The van der Waals surface area contributed by atoms with Crippen molar-refractivity contribution in [3.05, 3.63) is 0 Å². The lowest BCUT2D eigenvalue weighted by atomic mass is 10.2. The van der Waals surface area contributed by atoms with E-state index in [0.717, 1.165) is 6.42 Å². The molecular formula is C6H9O3-. The van der Waals surface area contributed by atoms with Gasteiger partial charge in [-0.25, -0.2) is 0 Å². The van der Waals surface area contributed by atoms with Crippen molar-refractivity contribution in [1.82, 2.24) is 0 Å². The summed E-state index contributed by atoms with van der Waals surface area (Å²) in [6, 6.07) is 0. The second-order valence-electron chi connectivity index (χ2n) is 1.81. The molecule has 0 saturated carbocycles. The largest absolute Gasteiger partial charge is 0.542 e. The molecule has 0 fully saturated rings. The molecule has 0 spiro atoms. The molecule has 0 aromatic heterocycles. The number of ketones is 1. The van der Waals surface area contributed by atoms with Crippen molar-refractivity contribution in [3.63, 3.8) is 0 Å². The van der Waals surface area contributed by atoms with E-state index in [4.69, 9.17) is 0 Å². The fourth-order valence-corrected chi connectivity index (χ4v) is 0.439. The summed E-state index contributed by atoms with van der Waals surface area (Å²) in [6.45, 7) is 1.89. The quantitative estimate of drug-likeness (QED) is 0.480. The van der Waals surface area contributed by atoms with Crippen molar-refractivity contribution < 1.29 is 14.7 Å². The molecule has 0 bridgehead atoms. The van der Waals surface area contributed by atoms with Gasteiger partial charge in [0.2, 0.25) is 0 Å². The molecule has 0 aliphatic carbocycles. The van der Waals surface area contributed by atoms with Crippen molar-refractivity contribution >= 4 is 11.8 Å². The van der Waals surface area contributed by atoms with Crippen LogP contribution < -0.4 is 5.11 Å². The van der Waals surface area contributed by atoms with Crippen LogP contribution >= 0.6 is 0 Å². The number of carboxylic acids is 1. The molecule has 3 nitrogen and oxygen atoms in total. The molecule has 0 saturated heterocycles. The van der Waals surface area contributed by atoms with E-state index in [-0.39, 0.29) is 6.42 Å². The minimum atomic E-state index is -1.57. The van der Waals surface area contributed by atoms with Crippen LogP contribution in [-0.4, -0.2) is 11.8 Å². The first-order valence-corrected chi connectivity index (χ1v) is 2.92. The van der Waals surface area contributed by atoms with Gasteiger partial charge < -0.3 is 9.90 Å². The Labute approximate surface area is 53.7 Å². The summed E-state index contributed by atoms with van der Waals surface area (Å²) < 4.78 is 0. The van der Waals surface area contributed by atoms with Gasteiger partial charge in [-0.15, -0.1) is 0 Å². The van der Waals surface area contributed by atoms with Crippen molar-refractivity contribution in [3.8, 4) is 0 Å². The van der Waals surface area contributed by atoms with E-state index < -0.39 is 11.8 Å². The van der Waals surface area contributed by atoms with Crippen molar-refractivity contribution in [2.24, 2.45) is 0 Å². The Balaban J connectivity index is 3.39. The van der Waals surface area contributed by atoms with Crippen molar-refractivity contribution in [1.29, 1.82) is 0 Å². The molecule has 0 aliphatic heterocycles. The number of carbonyl (C=O) groups is 2. The number of carboxylic acid groups (broad SMARTS) is 1. The molecule has 0 amide bonds. The maximum absolute atomic E-state index is 10.2. The Bertz CT molecular complexity index is 117. The maximum Gasteiger partial charge on any atom is 0.178 e. The van der Waals surface area contributed by atoms with Crippen LogP contribution in [0.1, 0.15) is 26.2 Å². The molecule has 9 heavy (non-hydrogen) atoms. The van der Waals surface area contributed by atoms with Crippen LogP contribution in [0.4, 0.5) is 0 Å². The van der Waals surface area contributed by atoms with Gasteiger partial charge in [-0.05, 0) is 6.42 Å². The normalized spacial score (nSPS) is 9.00. The zero-order valence-corrected chi connectivity index (χ0v) is 5.35. The minimum Gasteiger partial charge on any atom is -0.542 e. The Kier molecular flexibility index (Phi) is 3.67. The Hall–Kier alpha value is -0.860. The molecule has 0 rings (SSSR count). The zero-order chi connectivity index (χ0) is 7.28. The Morgan fingerprint density at radius 1 is 1.44 bits per heavy atom. The summed E-state index contributed by atoms with van der Waals surface area (Å²) >= 11 is 0. The van der Waals surface area contributed by atoms with Gasteiger partial charge in [0.1, 0.15) is 5.97 Å². The molecule has 0 radical (unpaired) electrons. The van der Waals surface area contributed by atoms with Gasteiger partial charge in [-0.1, -0.05) is 13.3 Å². The number of Topliss-reactive ketones (excluding diaryl/α,β-unsaturated/α-hetero) is 1. The number of hydrogen-bond acceptors (Lipinski definition) is 3. The van der Waals surface area contributed by atoms with Gasteiger partial charge >= 0.3 is 0 Å². The first-order chi connectivity index (χ1) is 4.18. The smallest absolute Gasteiger partial charge is 0.178 e. The Morgan fingerprint density at radius 2 is 2.00 bits per heavy atom. The molecule has 0 atom stereocenters. The average Bonchev–Trinajstić information content (AvgIpc) is 1.82. The summed E-state index contributed by atoms with van der Waals surface area (Å²) in [5.74, 6) is -2.36. The third-order valence-corrected chi connectivity index (χ3v) is 0.985. The molecule has 0 heterocycles. The van der Waals surface area contributed by atoms with Crippen LogP contribution in [0.3, 0.4) is 0 Å². The standard InChI is InChI=1S/C6H10O3/c1-2-3-4-5(7)6(8)9/h2-4H2,1H3,(H,8,9)/p-1. The van der Waals surface area contributed by atoms with Gasteiger partial charge in [0.25, 0.3) is 0 Å². The van der Waals surface area contributed by atoms with Crippen LogP contribution in [0, 0.1) is 0 Å². The highest BCUT2D eigenvalue weighted by Gasteiger charge is 1.99. The topological polar surface area (TPSA) is 57.2 Å². The molecule has 0 aromatic carbocycles. The minimum absolute atomic E-state index is 0.110. The van der Waals surface area contributed by atoms with E-state index in [1.807, 2.05) is 6.92 Å². The highest BCUT2D eigenvalue weighted by molar-refractivity contribution is 6.31. The van der Waals surface area contributed by atoms with E-state index >= 15 is 0 Å². The number of rotatable bonds is 4. The van der Waals surface area contributed by atoms with Crippen LogP contribution in [-0.2, 0) is 9.59 Å². The summed E-state index contributed by atoms with van der Waals surface area (Å²) in [5.41, 5.74) is 0. The summed E-state index contributed by atoms with van der Waals surface area (Å²) in [5, 5.41) is 9.74. The molecule has 0 N–H and O–H groups in total. The lowest BCUT2D eigenvalue weighted by Gasteiger charge is -1.97. The van der Waals surface area contributed by atoms with Crippen molar-refractivity contribution in [2.45, 2.75) is 26.2 Å². The van der Waals surface area contributed by atoms with E-state index in [2.05, 4.69) is 0 Å². The first kappa shape index (κ1) is 8.14. The molecular weight excluding hydrogens is 120 g/mol. The van der Waals surface area contributed by atoms with Gasteiger partial charge in [-0.3, -0.25) is 4.79 Å². The molecule has 0 aromatic rings. The van der Waals surface area contributed by atoms with Crippen LogP contribution in [0.2, 0.25) is 0 Å². The van der Waals surface area contributed by atoms with E-state index in [9.17, 15) is 14.7 Å². The number of aliphatic carboxylic acids is 1. The molecule has 0 unspecified atom stereocenters. The third-order valence-electron chi connectivity index (χ3n) is 0.985. The average molecular weight is 129 g/mol. The van der Waals surface area contributed by atoms with Gasteiger partial charge in [0.05, 0.1) is 0 Å². The second-order valence-corrected chi connectivity index (χ2v) is 1.81. The summed E-state index contributed by atoms with van der Waals surface area (Å²) in [7, 11) is 0. The summed E-state index contributed by atoms with van der Waals surface area (Å²) in [6.07, 6.45) is 1.57. The Morgan fingerprint density at radius 3 is 2.33 bits per heavy atom. The number of hydrogen-bond donors (Lipinski definition) is 0. The SMILES string of the molecule is CCCCC(=O)C(=O)[O-]. The summed E-state index contributed by atoms with van der Waals surface area (Å²) in [4.78, 5) is 20.0. The first-order valence-electron chi connectivity index (χ1n) is 2.92. The lowest BCUT2D eigenvalue weighted by Crippen LogP contribution is -2.31. The van der Waals surface area contributed by atoms with Crippen LogP contribution in [0.25, 0.3) is 0 Å². The second kappa shape index (κ2) is 4.06. The van der Waals surface area contributed by atoms with Crippen LogP contribution in [0.15, 0.2) is 0 Å². The lowest BCUT2D eigenvalue weighted by molar-refractivity contribution is -0.300. The van der Waals surface area contributed by atoms with Gasteiger partial charge in [0.15, 0.2) is 5.78 Å². The van der Waals surface area contributed by atoms with Crippen molar-refractivity contribution in [2.75, 3.05) is 0 Å². The highest BCUT2D eigenvalue weighted by Crippen LogP contribution is 1.93. The highest BCUT2D eigenvalue weighted by atomic mass is 16.4. The van der Waals surface area contributed by atoms with Gasteiger partial charge in [0, 0.05) is 6.42 Å². The number of unbranched alkanes of at least 4 members (excludes halogenated alkanes) is 1. The predicted octanol–water partition coefficient (Wildman–Crippen LogP) is -0.504. The third kappa shape index (κ3) is 3.70. The zero-order valence-electron chi connectivity index (χ0n) is 5.35. The monoisotopic (exact) mass is 129 g/mol. The molecule has 52 valence electrons. The molecule has 0 aliphatic rings. The predicted molar refractivity (Wildman–Crippen MR) is 29.5 cm³/mol. The van der Waals surface area contributed by atoms with E-state index in [1.165, 1.54) is 0 Å². The van der Waals surface area contributed by atoms with Crippen LogP contribution in [0.5, 0.6) is 0 Å². The molecule has 3 heteroatoms. The van der Waals surface area contributed by atoms with E-state index in [1.54, 1.807) is 0 Å². The fraction of sp³-hybridized carbons (Fsp3) is 0.667. The van der Waals surface area contributed by atoms with E-state index in [0.29, 0.717) is 6.42 Å². The number of carbonyl (C=O) groups excluding carboxylic acids is 2. The maximum atomic E-state index is 10.2. The van der Waals surface area contributed by atoms with Gasteiger partial charge in [-0.2, -0.15) is 0 Å².